The third-order valence-corrected chi connectivity index (χ3v) is 3.31. The third-order valence-electron chi connectivity index (χ3n) is 3.01. The molecule has 7 heteroatoms. The summed E-state index contributed by atoms with van der Waals surface area (Å²) in [5.74, 6) is -0.276. The number of halogens is 1. The lowest BCUT2D eigenvalue weighted by molar-refractivity contribution is -0.135. The van der Waals surface area contributed by atoms with Crippen molar-refractivity contribution in [2.24, 2.45) is 0 Å². The summed E-state index contributed by atoms with van der Waals surface area (Å²) in [5.41, 5.74) is 0.362. The fraction of sp³-hybridized carbons (Fsp3) is 0.462. The van der Waals surface area contributed by atoms with Crippen LogP contribution in [0.5, 0.6) is 0 Å². The second-order valence-corrected chi connectivity index (χ2v) is 4.76. The van der Waals surface area contributed by atoms with Crippen LogP contribution in [0.15, 0.2) is 18.5 Å². The predicted octanol–water partition coefficient (Wildman–Crippen LogP) is 0.714. The van der Waals surface area contributed by atoms with Crippen LogP contribution in [0, 0.1) is 0 Å². The zero-order chi connectivity index (χ0) is 14.4. The van der Waals surface area contributed by atoms with Crippen LogP contribution in [0.1, 0.15) is 16.8 Å². The van der Waals surface area contributed by atoms with E-state index < -0.39 is 0 Å². The molecule has 1 aliphatic heterocycles. The first-order valence-corrected chi connectivity index (χ1v) is 6.79. The molecule has 0 radical (unpaired) electrons. The van der Waals surface area contributed by atoms with Crippen LogP contribution in [-0.4, -0.2) is 54.5 Å². The highest BCUT2D eigenvalue weighted by molar-refractivity contribution is 6.33. The van der Waals surface area contributed by atoms with Crippen molar-refractivity contribution in [2.45, 2.75) is 6.42 Å². The van der Waals surface area contributed by atoms with E-state index in [1.165, 1.54) is 12.4 Å². The van der Waals surface area contributed by atoms with E-state index in [1.54, 1.807) is 11.0 Å². The van der Waals surface area contributed by atoms with E-state index in [-0.39, 0.29) is 24.8 Å². The quantitative estimate of drug-likeness (QED) is 0.888. The molecule has 6 nitrogen and oxygen atoms in total. The van der Waals surface area contributed by atoms with Gasteiger partial charge in [-0.2, -0.15) is 0 Å². The molecule has 1 N–H and O–H groups in total. The molecule has 1 aliphatic rings. The Morgan fingerprint density at radius 2 is 2.15 bits per heavy atom. The maximum absolute atomic E-state index is 11.9. The molecule has 0 unspecified atom stereocenters. The van der Waals surface area contributed by atoms with E-state index in [9.17, 15) is 9.59 Å². The molecule has 0 bridgehead atoms. The van der Waals surface area contributed by atoms with Crippen molar-refractivity contribution in [3.05, 3.63) is 29.0 Å². The Labute approximate surface area is 122 Å². The summed E-state index contributed by atoms with van der Waals surface area (Å²) >= 11 is 5.87. The summed E-state index contributed by atoms with van der Waals surface area (Å²) < 4.78 is 5.18. The number of nitrogens with zero attached hydrogens (tertiary/aromatic N) is 2. The summed E-state index contributed by atoms with van der Waals surface area (Å²) in [6.07, 6.45) is 3.18. The van der Waals surface area contributed by atoms with E-state index in [1.807, 2.05) is 0 Å². The van der Waals surface area contributed by atoms with Gasteiger partial charge < -0.3 is 15.0 Å². The maximum Gasteiger partial charge on any atom is 0.252 e. The average molecular weight is 298 g/mol. The summed E-state index contributed by atoms with van der Waals surface area (Å²) in [6, 6.07) is 1.54. The van der Waals surface area contributed by atoms with Gasteiger partial charge in [0.1, 0.15) is 0 Å². The smallest absolute Gasteiger partial charge is 0.252 e. The minimum atomic E-state index is -0.299. The number of nitrogens with one attached hydrogen (secondary N) is 1. The lowest BCUT2D eigenvalue weighted by atomic mass is 10.2. The zero-order valence-electron chi connectivity index (χ0n) is 11.0. The Morgan fingerprint density at radius 1 is 1.40 bits per heavy atom. The summed E-state index contributed by atoms with van der Waals surface area (Å²) in [6.45, 7) is 2.66. The Bertz CT molecular complexity index is 490. The average Bonchev–Trinajstić information content (AvgIpc) is 2.48. The van der Waals surface area contributed by atoms with Crippen LogP contribution < -0.4 is 5.32 Å². The van der Waals surface area contributed by atoms with Gasteiger partial charge in [-0.25, -0.2) is 0 Å². The molecule has 2 heterocycles. The number of carbonyl (C=O) groups is 2. The van der Waals surface area contributed by atoms with Crippen LogP contribution in [-0.2, 0) is 9.53 Å². The van der Waals surface area contributed by atoms with E-state index in [0.717, 1.165) is 0 Å². The Balaban J connectivity index is 1.76. The molecule has 0 aliphatic carbocycles. The number of hydrogen-bond acceptors (Lipinski definition) is 4. The largest absolute Gasteiger partial charge is 0.378 e. The maximum atomic E-state index is 11.9. The number of amides is 2. The molecule has 1 fully saturated rings. The normalized spacial score (nSPS) is 14.9. The van der Waals surface area contributed by atoms with Crippen LogP contribution in [0.2, 0.25) is 5.02 Å². The molecule has 0 atom stereocenters. The van der Waals surface area contributed by atoms with Crippen molar-refractivity contribution in [3.8, 4) is 0 Å². The minimum absolute atomic E-state index is 0.0226. The van der Waals surface area contributed by atoms with E-state index >= 15 is 0 Å². The van der Waals surface area contributed by atoms with Gasteiger partial charge in [-0.3, -0.25) is 14.6 Å². The van der Waals surface area contributed by atoms with Gasteiger partial charge in [0.2, 0.25) is 5.91 Å². The Hall–Kier alpha value is -1.66. The predicted molar refractivity (Wildman–Crippen MR) is 73.6 cm³/mol. The van der Waals surface area contributed by atoms with Crippen LogP contribution in [0.4, 0.5) is 0 Å². The minimum Gasteiger partial charge on any atom is -0.378 e. The van der Waals surface area contributed by atoms with Gasteiger partial charge >= 0.3 is 0 Å². The molecule has 1 saturated heterocycles. The van der Waals surface area contributed by atoms with Crippen molar-refractivity contribution in [2.75, 3.05) is 32.8 Å². The molecule has 0 aromatic carbocycles. The van der Waals surface area contributed by atoms with Crippen LogP contribution in [0.25, 0.3) is 0 Å². The molecule has 1 aromatic heterocycles. The molecule has 2 amide bonds. The first kappa shape index (κ1) is 14.7. The second-order valence-electron chi connectivity index (χ2n) is 4.35. The SMILES string of the molecule is O=C(NCCC(=O)N1CCOCC1)c1ccncc1Cl. The van der Waals surface area contributed by atoms with Gasteiger partial charge in [0.05, 0.1) is 23.8 Å². The standard InChI is InChI=1S/C13H16ClN3O3/c14-11-9-15-3-1-10(11)13(19)16-4-2-12(18)17-5-7-20-8-6-17/h1,3,9H,2,4-8H2,(H,16,19). The van der Waals surface area contributed by atoms with Crippen LogP contribution in [0.3, 0.4) is 0 Å². The molecule has 0 saturated carbocycles. The zero-order valence-corrected chi connectivity index (χ0v) is 11.7. The van der Waals surface area contributed by atoms with E-state index in [4.69, 9.17) is 16.3 Å². The summed E-state index contributed by atoms with van der Waals surface area (Å²) in [7, 11) is 0. The Kier molecular flexibility index (Phi) is 5.31. The highest BCUT2D eigenvalue weighted by atomic mass is 35.5. The van der Waals surface area contributed by atoms with E-state index in [2.05, 4.69) is 10.3 Å². The number of ether oxygens (including phenoxy) is 1. The van der Waals surface area contributed by atoms with Crippen molar-refractivity contribution in [3.63, 3.8) is 0 Å². The highest BCUT2D eigenvalue weighted by Gasteiger charge is 2.17. The van der Waals surface area contributed by atoms with Gasteiger partial charge in [0.15, 0.2) is 0 Å². The highest BCUT2D eigenvalue weighted by Crippen LogP contribution is 2.12. The number of pyridine rings is 1. The lowest BCUT2D eigenvalue weighted by Crippen LogP contribution is -2.42. The van der Waals surface area contributed by atoms with Gasteiger partial charge in [-0.15, -0.1) is 0 Å². The number of hydrogen-bond donors (Lipinski definition) is 1. The number of carbonyl (C=O) groups excluding carboxylic acids is 2. The topological polar surface area (TPSA) is 71.5 Å². The molecule has 1 aromatic rings. The first-order chi connectivity index (χ1) is 9.68. The molecular weight excluding hydrogens is 282 g/mol. The molecule has 20 heavy (non-hydrogen) atoms. The van der Waals surface area contributed by atoms with Gasteiger partial charge in [0, 0.05) is 38.4 Å². The number of morpholine rings is 1. The molecule has 2 rings (SSSR count). The van der Waals surface area contributed by atoms with Gasteiger partial charge in [0.25, 0.3) is 5.91 Å². The number of aromatic nitrogens is 1. The van der Waals surface area contributed by atoms with Crippen molar-refractivity contribution in [1.29, 1.82) is 0 Å². The summed E-state index contributed by atoms with van der Waals surface area (Å²) in [4.78, 5) is 29.3. The van der Waals surface area contributed by atoms with Crippen molar-refractivity contribution < 1.29 is 14.3 Å². The molecule has 0 spiro atoms. The van der Waals surface area contributed by atoms with Gasteiger partial charge in [-0.05, 0) is 6.07 Å². The summed E-state index contributed by atoms with van der Waals surface area (Å²) in [5, 5.41) is 2.98. The third kappa shape index (κ3) is 3.91. The van der Waals surface area contributed by atoms with E-state index in [0.29, 0.717) is 36.9 Å². The van der Waals surface area contributed by atoms with Gasteiger partial charge in [-0.1, -0.05) is 11.6 Å². The monoisotopic (exact) mass is 297 g/mol. The fourth-order valence-corrected chi connectivity index (χ4v) is 2.11. The molecular formula is C13H16ClN3O3. The first-order valence-electron chi connectivity index (χ1n) is 6.41. The molecule has 108 valence electrons. The fourth-order valence-electron chi connectivity index (χ4n) is 1.91. The van der Waals surface area contributed by atoms with Crippen LogP contribution >= 0.6 is 11.6 Å². The van der Waals surface area contributed by atoms with Crippen molar-refractivity contribution in [1.82, 2.24) is 15.2 Å². The number of rotatable bonds is 4. The van der Waals surface area contributed by atoms with Crippen molar-refractivity contribution >= 4 is 23.4 Å². The Morgan fingerprint density at radius 3 is 2.85 bits per heavy atom. The second kappa shape index (κ2) is 7.21. The lowest BCUT2D eigenvalue weighted by Gasteiger charge is -2.26.